The van der Waals surface area contributed by atoms with Crippen molar-refractivity contribution in [1.82, 2.24) is 10.2 Å². The molecule has 0 aliphatic carbocycles. The van der Waals surface area contributed by atoms with Gasteiger partial charge in [0.1, 0.15) is 5.75 Å². The van der Waals surface area contributed by atoms with Crippen LogP contribution < -0.4 is 15.4 Å². The molecule has 0 aliphatic rings. The molecule has 138 valence electrons. The van der Waals surface area contributed by atoms with Gasteiger partial charge in [0, 0.05) is 31.9 Å². The molecule has 0 spiro atoms. The van der Waals surface area contributed by atoms with Crippen LogP contribution in [0.25, 0.3) is 0 Å². The predicted octanol–water partition coefficient (Wildman–Crippen LogP) is 3.48. The highest BCUT2D eigenvalue weighted by Gasteiger charge is 2.08. The molecule has 1 amide bonds. The van der Waals surface area contributed by atoms with Gasteiger partial charge in [0.2, 0.25) is 0 Å². The summed E-state index contributed by atoms with van der Waals surface area (Å²) in [6.45, 7) is -2.30. The lowest BCUT2D eigenvalue weighted by Crippen LogP contribution is -2.30. The number of nitrogens with zero attached hydrogens (tertiary/aromatic N) is 1. The SMILES string of the molecule is CNC(=O)c1ccc(CN(C)C(=S)Nc2ccc(OC(F)F)cc2)cc1. The maximum absolute atomic E-state index is 12.1. The van der Waals surface area contributed by atoms with E-state index in [1.807, 2.05) is 24.1 Å². The van der Waals surface area contributed by atoms with E-state index in [2.05, 4.69) is 15.4 Å². The van der Waals surface area contributed by atoms with Gasteiger partial charge in [-0.15, -0.1) is 0 Å². The molecule has 0 atom stereocenters. The lowest BCUT2D eigenvalue weighted by molar-refractivity contribution is -0.0498. The van der Waals surface area contributed by atoms with Crippen molar-refractivity contribution < 1.29 is 18.3 Å². The molecular weight excluding hydrogens is 360 g/mol. The van der Waals surface area contributed by atoms with E-state index in [0.29, 0.717) is 22.9 Å². The molecule has 0 heterocycles. The highest BCUT2D eigenvalue weighted by molar-refractivity contribution is 7.80. The van der Waals surface area contributed by atoms with E-state index < -0.39 is 6.61 Å². The molecule has 0 aliphatic heterocycles. The molecular formula is C18H19F2N3O2S. The fraction of sp³-hybridized carbons (Fsp3) is 0.222. The molecule has 0 fully saturated rings. The summed E-state index contributed by atoms with van der Waals surface area (Å²) in [5, 5.41) is 6.08. The van der Waals surface area contributed by atoms with Gasteiger partial charge in [-0.2, -0.15) is 8.78 Å². The van der Waals surface area contributed by atoms with Crippen molar-refractivity contribution >= 4 is 28.9 Å². The molecule has 2 N–H and O–H groups in total. The minimum Gasteiger partial charge on any atom is -0.435 e. The monoisotopic (exact) mass is 379 g/mol. The molecule has 2 aromatic carbocycles. The van der Waals surface area contributed by atoms with E-state index in [0.717, 1.165) is 5.56 Å². The standard InChI is InChI=1S/C18H19F2N3O2S/c1-21-16(24)13-5-3-12(4-6-13)11-23(2)18(26)22-14-7-9-15(10-8-14)25-17(19)20/h3-10,17H,11H2,1-2H3,(H,21,24)(H,22,26). The quantitative estimate of drug-likeness (QED) is 0.753. The Bertz CT molecular complexity index is 752. The number of anilines is 1. The molecule has 0 bridgehead atoms. The van der Waals surface area contributed by atoms with Gasteiger partial charge in [0.05, 0.1) is 0 Å². The van der Waals surface area contributed by atoms with Crippen LogP contribution in [0.2, 0.25) is 0 Å². The maximum Gasteiger partial charge on any atom is 0.387 e. The van der Waals surface area contributed by atoms with Crippen LogP contribution >= 0.6 is 12.2 Å². The van der Waals surface area contributed by atoms with E-state index >= 15 is 0 Å². The highest BCUT2D eigenvalue weighted by Crippen LogP contribution is 2.18. The molecule has 0 unspecified atom stereocenters. The van der Waals surface area contributed by atoms with Crippen LogP contribution in [0.5, 0.6) is 5.75 Å². The van der Waals surface area contributed by atoms with E-state index in [1.165, 1.54) is 12.1 Å². The fourth-order valence-corrected chi connectivity index (χ4v) is 2.37. The second kappa shape index (κ2) is 9.10. The Morgan fingerprint density at radius 2 is 1.77 bits per heavy atom. The number of alkyl halides is 2. The van der Waals surface area contributed by atoms with Crippen molar-refractivity contribution in [2.45, 2.75) is 13.2 Å². The smallest absolute Gasteiger partial charge is 0.387 e. The van der Waals surface area contributed by atoms with E-state index in [1.54, 1.807) is 31.3 Å². The summed E-state index contributed by atoms with van der Waals surface area (Å²) in [4.78, 5) is 13.4. The van der Waals surface area contributed by atoms with Gasteiger partial charge < -0.3 is 20.3 Å². The van der Waals surface area contributed by atoms with Crippen molar-refractivity contribution in [3.63, 3.8) is 0 Å². The van der Waals surface area contributed by atoms with Crippen LogP contribution in [0, 0.1) is 0 Å². The summed E-state index contributed by atoms with van der Waals surface area (Å²) in [7, 11) is 3.41. The van der Waals surface area contributed by atoms with Crippen molar-refractivity contribution in [2.75, 3.05) is 19.4 Å². The maximum atomic E-state index is 12.1. The number of hydrogen-bond donors (Lipinski definition) is 2. The van der Waals surface area contributed by atoms with Gasteiger partial charge >= 0.3 is 6.61 Å². The summed E-state index contributed by atoms with van der Waals surface area (Å²) in [5.41, 5.74) is 2.24. The van der Waals surface area contributed by atoms with Crippen molar-refractivity contribution in [3.8, 4) is 5.75 Å². The molecule has 8 heteroatoms. The molecule has 0 aromatic heterocycles. The molecule has 0 radical (unpaired) electrons. The average molecular weight is 379 g/mol. The number of halogens is 2. The van der Waals surface area contributed by atoms with Crippen molar-refractivity contribution in [3.05, 3.63) is 59.7 Å². The van der Waals surface area contributed by atoms with E-state index in [9.17, 15) is 13.6 Å². The second-order valence-electron chi connectivity index (χ2n) is 5.47. The number of carbonyl (C=O) groups excluding carboxylic acids is 1. The summed E-state index contributed by atoms with van der Waals surface area (Å²) in [6.07, 6.45) is 0. The van der Waals surface area contributed by atoms with Gasteiger partial charge in [0.15, 0.2) is 5.11 Å². The molecule has 5 nitrogen and oxygen atoms in total. The fourth-order valence-electron chi connectivity index (χ4n) is 2.19. The van der Waals surface area contributed by atoms with Gasteiger partial charge in [0.25, 0.3) is 5.91 Å². The first-order valence-corrected chi connectivity index (χ1v) is 8.18. The Kier molecular flexibility index (Phi) is 6.85. The number of nitrogens with one attached hydrogen (secondary N) is 2. The van der Waals surface area contributed by atoms with Gasteiger partial charge in [-0.3, -0.25) is 4.79 Å². The van der Waals surface area contributed by atoms with E-state index in [-0.39, 0.29) is 11.7 Å². The molecule has 2 aromatic rings. The number of carbonyl (C=O) groups is 1. The van der Waals surface area contributed by atoms with Crippen molar-refractivity contribution in [2.24, 2.45) is 0 Å². The number of ether oxygens (including phenoxy) is 1. The summed E-state index contributed by atoms with van der Waals surface area (Å²) in [6, 6.07) is 13.3. The number of rotatable bonds is 6. The topological polar surface area (TPSA) is 53.6 Å². The number of hydrogen-bond acceptors (Lipinski definition) is 3. The van der Waals surface area contributed by atoms with E-state index in [4.69, 9.17) is 12.2 Å². The van der Waals surface area contributed by atoms with Crippen LogP contribution in [-0.4, -0.2) is 36.6 Å². The lowest BCUT2D eigenvalue weighted by atomic mass is 10.1. The summed E-state index contributed by atoms with van der Waals surface area (Å²) >= 11 is 5.35. The highest BCUT2D eigenvalue weighted by atomic mass is 32.1. The average Bonchev–Trinajstić information content (AvgIpc) is 2.62. The van der Waals surface area contributed by atoms with Crippen LogP contribution in [0.3, 0.4) is 0 Å². The second-order valence-corrected chi connectivity index (χ2v) is 5.85. The Labute approximate surface area is 156 Å². The minimum absolute atomic E-state index is 0.0843. The summed E-state index contributed by atoms with van der Waals surface area (Å²) < 4.78 is 28.6. The first-order valence-electron chi connectivity index (χ1n) is 7.77. The third kappa shape index (κ3) is 5.66. The first kappa shape index (κ1) is 19.6. The largest absolute Gasteiger partial charge is 0.435 e. The number of amides is 1. The van der Waals surface area contributed by atoms with Gasteiger partial charge in [-0.1, -0.05) is 12.1 Å². The van der Waals surface area contributed by atoms with Crippen LogP contribution in [-0.2, 0) is 6.54 Å². The minimum atomic E-state index is -2.85. The lowest BCUT2D eigenvalue weighted by Gasteiger charge is -2.21. The zero-order valence-corrected chi connectivity index (χ0v) is 15.1. The van der Waals surface area contributed by atoms with Crippen LogP contribution in [0.15, 0.2) is 48.5 Å². The van der Waals surface area contributed by atoms with Gasteiger partial charge in [-0.25, -0.2) is 0 Å². The zero-order valence-electron chi connectivity index (χ0n) is 14.3. The first-order chi connectivity index (χ1) is 12.4. The number of thiocarbonyl (C=S) groups is 1. The van der Waals surface area contributed by atoms with Crippen LogP contribution in [0.1, 0.15) is 15.9 Å². The molecule has 26 heavy (non-hydrogen) atoms. The Morgan fingerprint density at radius 1 is 1.15 bits per heavy atom. The Hall–Kier alpha value is -2.74. The van der Waals surface area contributed by atoms with Gasteiger partial charge in [-0.05, 0) is 54.2 Å². The number of benzene rings is 2. The third-order valence-electron chi connectivity index (χ3n) is 3.54. The Morgan fingerprint density at radius 3 is 2.31 bits per heavy atom. The third-order valence-corrected chi connectivity index (χ3v) is 3.95. The van der Waals surface area contributed by atoms with Crippen molar-refractivity contribution in [1.29, 1.82) is 0 Å². The molecule has 0 saturated carbocycles. The summed E-state index contributed by atoms with van der Waals surface area (Å²) in [5.74, 6) is -0.0533. The molecule has 0 saturated heterocycles. The van der Waals surface area contributed by atoms with Crippen LogP contribution in [0.4, 0.5) is 14.5 Å². The normalized spacial score (nSPS) is 10.3. The Balaban J connectivity index is 1.91. The molecule has 2 rings (SSSR count). The predicted molar refractivity (Wildman–Crippen MR) is 101 cm³/mol. The zero-order chi connectivity index (χ0) is 19.1.